The Bertz CT molecular complexity index is 1200. The molecule has 0 aliphatic heterocycles. The third kappa shape index (κ3) is 5.43. The van der Waals surface area contributed by atoms with Crippen molar-refractivity contribution in [3.8, 4) is 39.1 Å². The van der Waals surface area contributed by atoms with Crippen LogP contribution >= 0.6 is 0 Å². The van der Waals surface area contributed by atoms with Crippen LogP contribution in [0, 0.1) is 12.8 Å². The van der Waals surface area contributed by atoms with Gasteiger partial charge < -0.3 is 4.74 Å². The average Bonchev–Trinajstić information content (AvgIpc) is 2.87. The molecule has 1 atom stereocenters. The van der Waals surface area contributed by atoms with Gasteiger partial charge in [-0.05, 0) is 69.5 Å². The van der Waals surface area contributed by atoms with E-state index in [-0.39, 0.29) is 0 Å². The molecule has 166 valence electrons. The van der Waals surface area contributed by atoms with Gasteiger partial charge in [0, 0.05) is 0 Å². The first-order chi connectivity index (χ1) is 16.1. The number of aryl methyl sites for hydroxylation is 1. The number of hydrogen-bond donors (Lipinski definition) is 0. The maximum atomic E-state index is 5.91. The predicted molar refractivity (Wildman–Crippen MR) is 143 cm³/mol. The summed E-state index contributed by atoms with van der Waals surface area (Å²) in [6.07, 6.45) is 3.00. The van der Waals surface area contributed by atoms with Crippen LogP contribution in [0.15, 0.2) is 97.6 Å². The van der Waals surface area contributed by atoms with Crippen LogP contribution in [0.5, 0.6) is 5.75 Å². The number of ether oxygens (including phenoxy) is 1. The van der Waals surface area contributed by atoms with Crippen LogP contribution < -0.4 is 4.74 Å². The SMILES string of the molecule is C=Cc1ccc(-c2ccc(-c3ccc(-c4ccc(OC[C@@H](C)CC)cc4)c(C)c3)cc2)cc1. The molecule has 1 nitrogen and oxygen atoms in total. The predicted octanol–water partition coefficient (Wildman–Crippen LogP) is 9.06. The van der Waals surface area contributed by atoms with E-state index in [2.05, 4.69) is 118 Å². The lowest BCUT2D eigenvalue weighted by atomic mass is 9.94. The molecule has 33 heavy (non-hydrogen) atoms. The Balaban J connectivity index is 1.49. The van der Waals surface area contributed by atoms with E-state index in [0.717, 1.165) is 24.3 Å². The molecule has 0 saturated carbocycles. The second-order valence-corrected chi connectivity index (χ2v) is 8.78. The number of rotatable bonds is 8. The van der Waals surface area contributed by atoms with E-state index in [1.807, 2.05) is 6.08 Å². The van der Waals surface area contributed by atoms with Gasteiger partial charge in [0.25, 0.3) is 0 Å². The summed E-state index contributed by atoms with van der Waals surface area (Å²) in [6.45, 7) is 11.2. The summed E-state index contributed by atoms with van der Waals surface area (Å²) >= 11 is 0. The van der Waals surface area contributed by atoms with Crippen molar-refractivity contribution in [3.05, 3.63) is 109 Å². The molecule has 4 aromatic carbocycles. The zero-order valence-corrected chi connectivity index (χ0v) is 19.8. The van der Waals surface area contributed by atoms with Crippen LogP contribution in [0.25, 0.3) is 39.5 Å². The van der Waals surface area contributed by atoms with Crippen LogP contribution in [0.1, 0.15) is 31.4 Å². The first kappa shape index (κ1) is 22.6. The van der Waals surface area contributed by atoms with E-state index in [1.165, 1.54) is 38.9 Å². The Labute approximate surface area is 198 Å². The maximum Gasteiger partial charge on any atom is 0.119 e. The summed E-state index contributed by atoms with van der Waals surface area (Å²) in [4.78, 5) is 0. The fourth-order valence-electron chi connectivity index (χ4n) is 3.92. The Kier molecular flexibility index (Phi) is 7.10. The molecular formula is C32H32O. The lowest BCUT2D eigenvalue weighted by molar-refractivity contribution is 0.256. The lowest BCUT2D eigenvalue weighted by Gasteiger charge is -2.13. The zero-order valence-electron chi connectivity index (χ0n) is 19.8. The van der Waals surface area contributed by atoms with E-state index < -0.39 is 0 Å². The smallest absolute Gasteiger partial charge is 0.119 e. The van der Waals surface area contributed by atoms with E-state index >= 15 is 0 Å². The average molecular weight is 433 g/mol. The minimum atomic E-state index is 0.575. The van der Waals surface area contributed by atoms with Gasteiger partial charge in [-0.2, -0.15) is 0 Å². The Morgan fingerprint density at radius 1 is 0.727 bits per heavy atom. The van der Waals surface area contributed by atoms with Gasteiger partial charge in [-0.3, -0.25) is 0 Å². The van der Waals surface area contributed by atoms with Gasteiger partial charge in [-0.25, -0.2) is 0 Å². The summed E-state index contributed by atoms with van der Waals surface area (Å²) < 4.78 is 5.91. The first-order valence-electron chi connectivity index (χ1n) is 11.7. The van der Waals surface area contributed by atoms with Crippen molar-refractivity contribution in [1.82, 2.24) is 0 Å². The fourth-order valence-corrected chi connectivity index (χ4v) is 3.92. The van der Waals surface area contributed by atoms with Gasteiger partial charge in [0.05, 0.1) is 6.61 Å². The standard InChI is InChI=1S/C32H32O/c1-5-23(3)22-33-31-18-15-29(16-19-31)32-20-17-30(21-24(32)4)28-13-11-27(12-14-28)26-9-7-25(6-2)8-10-26/h6-21,23H,2,5,22H2,1,3-4H3/t23-/m0/s1. The van der Waals surface area contributed by atoms with Gasteiger partial charge in [0.1, 0.15) is 5.75 Å². The first-order valence-corrected chi connectivity index (χ1v) is 11.7. The number of benzene rings is 4. The summed E-state index contributed by atoms with van der Waals surface area (Å²) in [7, 11) is 0. The molecule has 0 amide bonds. The lowest BCUT2D eigenvalue weighted by Crippen LogP contribution is -2.06. The summed E-state index contributed by atoms with van der Waals surface area (Å²) in [5, 5.41) is 0. The second kappa shape index (κ2) is 10.4. The molecular weight excluding hydrogens is 400 g/mol. The van der Waals surface area contributed by atoms with Crippen LogP contribution in [0.3, 0.4) is 0 Å². The minimum Gasteiger partial charge on any atom is -0.493 e. The molecule has 0 radical (unpaired) electrons. The topological polar surface area (TPSA) is 9.23 Å². The quantitative estimate of drug-likeness (QED) is 0.270. The van der Waals surface area contributed by atoms with Crippen LogP contribution in [-0.2, 0) is 0 Å². The van der Waals surface area contributed by atoms with Crippen molar-refractivity contribution in [2.24, 2.45) is 5.92 Å². The van der Waals surface area contributed by atoms with Gasteiger partial charge in [-0.15, -0.1) is 0 Å². The van der Waals surface area contributed by atoms with Gasteiger partial charge in [-0.1, -0.05) is 112 Å². The highest BCUT2D eigenvalue weighted by Crippen LogP contribution is 2.31. The molecule has 1 heteroatoms. The molecule has 0 unspecified atom stereocenters. The normalized spacial score (nSPS) is 11.7. The van der Waals surface area contributed by atoms with Gasteiger partial charge in [0.2, 0.25) is 0 Å². The van der Waals surface area contributed by atoms with Crippen molar-refractivity contribution in [1.29, 1.82) is 0 Å². The fraction of sp³-hybridized carbons (Fsp3) is 0.188. The van der Waals surface area contributed by atoms with Crippen molar-refractivity contribution < 1.29 is 4.74 Å². The van der Waals surface area contributed by atoms with E-state index in [0.29, 0.717) is 5.92 Å². The molecule has 0 spiro atoms. The molecule has 0 aliphatic rings. The Morgan fingerprint density at radius 3 is 1.79 bits per heavy atom. The number of hydrogen-bond acceptors (Lipinski definition) is 1. The van der Waals surface area contributed by atoms with Crippen molar-refractivity contribution >= 4 is 6.08 Å². The summed E-state index contributed by atoms with van der Waals surface area (Å²) in [6, 6.07) is 32.4. The van der Waals surface area contributed by atoms with Crippen molar-refractivity contribution in [2.75, 3.05) is 6.61 Å². The second-order valence-electron chi connectivity index (χ2n) is 8.78. The summed E-state index contributed by atoms with van der Waals surface area (Å²) in [5.74, 6) is 1.51. The highest BCUT2D eigenvalue weighted by atomic mass is 16.5. The van der Waals surface area contributed by atoms with E-state index in [4.69, 9.17) is 4.74 Å². The largest absolute Gasteiger partial charge is 0.493 e. The molecule has 4 rings (SSSR count). The Hall–Kier alpha value is -3.58. The Morgan fingerprint density at radius 2 is 1.24 bits per heavy atom. The van der Waals surface area contributed by atoms with E-state index in [1.54, 1.807) is 0 Å². The van der Waals surface area contributed by atoms with Crippen molar-refractivity contribution in [2.45, 2.75) is 27.2 Å². The molecule has 0 N–H and O–H groups in total. The third-order valence-corrected chi connectivity index (χ3v) is 6.32. The van der Waals surface area contributed by atoms with Crippen LogP contribution in [0.2, 0.25) is 0 Å². The van der Waals surface area contributed by atoms with Crippen LogP contribution in [0.4, 0.5) is 0 Å². The third-order valence-electron chi connectivity index (χ3n) is 6.32. The molecule has 0 saturated heterocycles. The molecule has 0 fully saturated rings. The molecule has 4 aromatic rings. The highest BCUT2D eigenvalue weighted by Gasteiger charge is 2.07. The van der Waals surface area contributed by atoms with Gasteiger partial charge in [0.15, 0.2) is 0 Å². The molecule has 0 aliphatic carbocycles. The molecule has 0 heterocycles. The maximum absolute atomic E-state index is 5.91. The van der Waals surface area contributed by atoms with Gasteiger partial charge >= 0.3 is 0 Å². The molecule has 0 aromatic heterocycles. The van der Waals surface area contributed by atoms with Crippen molar-refractivity contribution in [3.63, 3.8) is 0 Å². The minimum absolute atomic E-state index is 0.575. The monoisotopic (exact) mass is 432 g/mol. The van der Waals surface area contributed by atoms with Crippen LogP contribution in [-0.4, -0.2) is 6.61 Å². The molecule has 0 bridgehead atoms. The highest BCUT2D eigenvalue weighted by molar-refractivity contribution is 5.75. The zero-order chi connectivity index (χ0) is 23.2. The summed E-state index contributed by atoms with van der Waals surface area (Å²) in [5.41, 5.74) is 9.78. The van der Waals surface area contributed by atoms with E-state index in [9.17, 15) is 0 Å².